The topological polar surface area (TPSA) is 80.6 Å². The average Bonchev–Trinajstić information content (AvgIpc) is 3.23. The molecule has 1 aliphatic rings. The van der Waals surface area contributed by atoms with Crippen molar-refractivity contribution in [1.82, 2.24) is 0 Å². The summed E-state index contributed by atoms with van der Waals surface area (Å²) >= 11 is 0. The van der Waals surface area contributed by atoms with Gasteiger partial charge in [-0.15, -0.1) is 0 Å². The standard InChI is InChI=1S/C16H16N2O4/c19-15(13-7-3-9-21-13)17-11-5-1-2-6-12(11)18-16(20)14-8-4-10-22-14/h1-3,5-7,9,14H,4,8,10H2,(H,17,19)(H,18,20)/t14-/m0/s1. The van der Waals surface area contributed by atoms with Gasteiger partial charge < -0.3 is 19.8 Å². The van der Waals surface area contributed by atoms with E-state index in [1.165, 1.54) is 6.26 Å². The van der Waals surface area contributed by atoms with Gasteiger partial charge in [-0.3, -0.25) is 9.59 Å². The molecular weight excluding hydrogens is 284 g/mol. The van der Waals surface area contributed by atoms with Crippen molar-refractivity contribution >= 4 is 23.2 Å². The molecule has 0 radical (unpaired) electrons. The van der Waals surface area contributed by atoms with Crippen molar-refractivity contribution in [3.05, 3.63) is 48.4 Å². The number of para-hydroxylation sites is 2. The highest BCUT2D eigenvalue weighted by Crippen LogP contribution is 2.23. The van der Waals surface area contributed by atoms with Crippen LogP contribution in [0, 0.1) is 0 Å². The summed E-state index contributed by atoms with van der Waals surface area (Å²) in [7, 11) is 0. The van der Waals surface area contributed by atoms with Crippen LogP contribution in [0.1, 0.15) is 23.4 Å². The highest BCUT2D eigenvalue weighted by molar-refractivity contribution is 6.06. The van der Waals surface area contributed by atoms with Crippen LogP contribution < -0.4 is 10.6 Å². The zero-order valence-corrected chi connectivity index (χ0v) is 11.9. The molecule has 22 heavy (non-hydrogen) atoms. The van der Waals surface area contributed by atoms with Crippen molar-refractivity contribution < 1.29 is 18.7 Å². The second-order valence-corrected chi connectivity index (χ2v) is 4.97. The fraction of sp³-hybridized carbons (Fsp3) is 0.250. The molecule has 1 atom stereocenters. The summed E-state index contributed by atoms with van der Waals surface area (Å²) in [5, 5.41) is 5.51. The maximum Gasteiger partial charge on any atom is 0.291 e. The van der Waals surface area contributed by atoms with Crippen molar-refractivity contribution in [3.63, 3.8) is 0 Å². The molecule has 6 heteroatoms. The van der Waals surface area contributed by atoms with Crippen LogP contribution in [0.4, 0.5) is 11.4 Å². The van der Waals surface area contributed by atoms with Gasteiger partial charge in [-0.05, 0) is 37.1 Å². The summed E-state index contributed by atoms with van der Waals surface area (Å²) < 4.78 is 10.4. The number of rotatable bonds is 4. The van der Waals surface area contributed by atoms with E-state index in [2.05, 4.69) is 10.6 Å². The Kier molecular flexibility index (Phi) is 4.20. The number of hydrogen-bond acceptors (Lipinski definition) is 4. The summed E-state index contributed by atoms with van der Waals surface area (Å²) in [6.07, 6.45) is 2.61. The number of benzene rings is 1. The molecule has 114 valence electrons. The first-order valence-corrected chi connectivity index (χ1v) is 7.10. The summed E-state index contributed by atoms with van der Waals surface area (Å²) in [6, 6.07) is 10.2. The first-order chi connectivity index (χ1) is 10.7. The number of anilines is 2. The number of carbonyl (C=O) groups excluding carboxylic acids is 2. The van der Waals surface area contributed by atoms with E-state index < -0.39 is 6.10 Å². The number of nitrogens with one attached hydrogen (secondary N) is 2. The van der Waals surface area contributed by atoms with Crippen LogP contribution in [0.15, 0.2) is 47.1 Å². The highest BCUT2D eigenvalue weighted by Gasteiger charge is 2.24. The van der Waals surface area contributed by atoms with E-state index in [4.69, 9.17) is 9.15 Å². The van der Waals surface area contributed by atoms with Crippen molar-refractivity contribution in [2.45, 2.75) is 18.9 Å². The quantitative estimate of drug-likeness (QED) is 0.909. The molecule has 3 rings (SSSR count). The summed E-state index contributed by atoms with van der Waals surface area (Å²) in [5.74, 6) is -0.360. The fourth-order valence-electron chi connectivity index (χ4n) is 2.29. The van der Waals surface area contributed by atoms with Crippen molar-refractivity contribution in [1.29, 1.82) is 0 Å². The lowest BCUT2D eigenvalue weighted by atomic mass is 10.2. The maximum atomic E-state index is 12.1. The SMILES string of the molecule is O=C(Nc1ccccc1NC(=O)[C@@H]1CCCO1)c1ccco1. The lowest BCUT2D eigenvalue weighted by Gasteiger charge is -2.14. The number of furan rings is 1. The normalized spacial score (nSPS) is 17.2. The van der Waals surface area contributed by atoms with Crippen molar-refractivity contribution in [3.8, 4) is 0 Å². The molecule has 0 aliphatic carbocycles. The Hall–Kier alpha value is -2.60. The number of amides is 2. The third-order valence-corrected chi connectivity index (χ3v) is 3.40. The van der Waals surface area contributed by atoms with Crippen LogP contribution in [0.5, 0.6) is 0 Å². The summed E-state index contributed by atoms with van der Waals surface area (Å²) in [5.41, 5.74) is 1.04. The summed E-state index contributed by atoms with van der Waals surface area (Å²) in [4.78, 5) is 24.1. The van der Waals surface area contributed by atoms with E-state index in [-0.39, 0.29) is 17.6 Å². The number of hydrogen-bond donors (Lipinski definition) is 2. The smallest absolute Gasteiger partial charge is 0.291 e. The third kappa shape index (κ3) is 3.17. The van der Waals surface area contributed by atoms with Gasteiger partial charge in [-0.25, -0.2) is 0 Å². The van der Waals surface area contributed by atoms with Gasteiger partial charge in [0, 0.05) is 6.61 Å². The Morgan fingerprint density at radius 2 is 1.82 bits per heavy atom. The molecule has 0 saturated carbocycles. The van der Waals surface area contributed by atoms with Crippen LogP contribution in [0.2, 0.25) is 0 Å². The van der Waals surface area contributed by atoms with E-state index in [0.717, 1.165) is 6.42 Å². The molecule has 1 fully saturated rings. The van der Waals surface area contributed by atoms with Crippen molar-refractivity contribution in [2.75, 3.05) is 17.2 Å². The molecule has 2 amide bonds. The molecule has 1 aliphatic heterocycles. The second-order valence-electron chi connectivity index (χ2n) is 4.97. The molecule has 0 unspecified atom stereocenters. The average molecular weight is 300 g/mol. The zero-order valence-electron chi connectivity index (χ0n) is 11.9. The minimum absolute atomic E-state index is 0.197. The lowest BCUT2D eigenvalue weighted by molar-refractivity contribution is -0.124. The molecule has 0 spiro atoms. The minimum atomic E-state index is -0.422. The van der Waals surface area contributed by atoms with Crippen molar-refractivity contribution in [2.24, 2.45) is 0 Å². The van der Waals surface area contributed by atoms with Crippen LogP contribution in [-0.4, -0.2) is 24.5 Å². The van der Waals surface area contributed by atoms with Gasteiger partial charge in [0.05, 0.1) is 17.6 Å². The van der Waals surface area contributed by atoms with Gasteiger partial charge in [-0.2, -0.15) is 0 Å². The molecule has 0 bridgehead atoms. The molecule has 6 nitrogen and oxygen atoms in total. The number of carbonyl (C=O) groups is 2. The minimum Gasteiger partial charge on any atom is -0.459 e. The Morgan fingerprint density at radius 3 is 2.45 bits per heavy atom. The molecule has 1 aromatic heterocycles. The molecular formula is C16H16N2O4. The molecule has 1 aromatic carbocycles. The van der Waals surface area contributed by atoms with Gasteiger partial charge in [-0.1, -0.05) is 12.1 Å². The first-order valence-electron chi connectivity index (χ1n) is 7.10. The Labute approximate surface area is 127 Å². The molecule has 2 N–H and O–H groups in total. The van der Waals surface area contributed by atoms with E-state index in [1.54, 1.807) is 36.4 Å². The lowest BCUT2D eigenvalue weighted by Crippen LogP contribution is -2.27. The monoisotopic (exact) mass is 300 g/mol. The molecule has 1 saturated heterocycles. The van der Waals surface area contributed by atoms with Gasteiger partial charge >= 0.3 is 0 Å². The largest absolute Gasteiger partial charge is 0.459 e. The van der Waals surface area contributed by atoms with E-state index >= 15 is 0 Å². The number of ether oxygens (including phenoxy) is 1. The second kappa shape index (κ2) is 6.44. The third-order valence-electron chi connectivity index (χ3n) is 3.40. The zero-order chi connectivity index (χ0) is 15.4. The van der Waals surface area contributed by atoms with E-state index in [0.29, 0.717) is 24.4 Å². The van der Waals surface area contributed by atoms with Crippen LogP contribution in [0.25, 0.3) is 0 Å². The Morgan fingerprint density at radius 1 is 1.05 bits per heavy atom. The van der Waals surface area contributed by atoms with E-state index in [1.807, 2.05) is 0 Å². The Balaban J connectivity index is 1.72. The fourth-order valence-corrected chi connectivity index (χ4v) is 2.29. The van der Waals surface area contributed by atoms with Crippen LogP contribution >= 0.6 is 0 Å². The molecule has 2 aromatic rings. The van der Waals surface area contributed by atoms with Gasteiger partial charge in [0.15, 0.2) is 5.76 Å². The summed E-state index contributed by atoms with van der Waals surface area (Å²) in [6.45, 7) is 0.606. The maximum absolute atomic E-state index is 12.1. The van der Waals surface area contributed by atoms with Crippen LogP contribution in [0.3, 0.4) is 0 Å². The van der Waals surface area contributed by atoms with Crippen LogP contribution in [-0.2, 0) is 9.53 Å². The predicted molar refractivity (Wildman–Crippen MR) is 80.7 cm³/mol. The Bertz CT molecular complexity index is 661. The predicted octanol–water partition coefficient (Wildman–Crippen LogP) is 2.65. The van der Waals surface area contributed by atoms with Gasteiger partial charge in [0.2, 0.25) is 0 Å². The van der Waals surface area contributed by atoms with Gasteiger partial charge in [0.1, 0.15) is 6.10 Å². The van der Waals surface area contributed by atoms with E-state index in [9.17, 15) is 9.59 Å². The van der Waals surface area contributed by atoms with Gasteiger partial charge in [0.25, 0.3) is 11.8 Å². The molecule has 2 heterocycles. The highest BCUT2D eigenvalue weighted by atomic mass is 16.5. The first kappa shape index (κ1) is 14.3.